The molecule has 0 saturated heterocycles. The number of halogens is 3. The normalized spacial score (nSPS) is 19.8. The fourth-order valence-electron chi connectivity index (χ4n) is 1.36. The van der Waals surface area contributed by atoms with Crippen LogP contribution in [0.1, 0.15) is 18.6 Å². The molecular formula is C8H6BrF2N3O2. The highest BCUT2D eigenvalue weighted by Gasteiger charge is 2.45. The quantitative estimate of drug-likeness (QED) is 0.808. The van der Waals surface area contributed by atoms with Crippen LogP contribution in [0.15, 0.2) is 10.9 Å². The summed E-state index contributed by atoms with van der Waals surface area (Å²) in [4.78, 5) is 18.5. The monoisotopic (exact) mass is 293 g/mol. The van der Waals surface area contributed by atoms with Crippen molar-refractivity contribution in [2.75, 3.05) is 5.32 Å². The van der Waals surface area contributed by atoms with Crippen molar-refractivity contribution >= 4 is 27.8 Å². The first-order valence-electron chi connectivity index (χ1n) is 4.25. The topological polar surface area (TPSA) is 64.1 Å². The number of ether oxygens (including phenoxy) is 1. The van der Waals surface area contributed by atoms with Crippen LogP contribution in [0.4, 0.5) is 19.4 Å². The lowest BCUT2D eigenvalue weighted by atomic mass is 10.1. The maximum absolute atomic E-state index is 13.3. The highest BCUT2D eigenvalue weighted by molar-refractivity contribution is 9.10. The number of hydrogen-bond donors (Lipinski definition) is 1. The van der Waals surface area contributed by atoms with E-state index in [1.807, 2.05) is 0 Å². The first-order chi connectivity index (χ1) is 7.39. The summed E-state index contributed by atoms with van der Waals surface area (Å²) in [5.41, 5.74) is 0.0367. The second-order valence-electron chi connectivity index (χ2n) is 3.29. The van der Waals surface area contributed by atoms with E-state index >= 15 is 0 Å². The van der Waals surface area contributed by atoms with Crippen molar-refractivity contribution in [3.8, 4) is 0 Å². The van der Waals surface area contributed by atoms with Crippen LogP contribution < -0.4 is 5.32 Å². The fourth-order valence-corrected chi connectivity index (χ4v) is 1.84. The minimum absolute atomic E-state index is 0.0321. The number of alkyl halides is 2. The Bertz CT molecular complexity index is 449. The van der Waals surface area contributed by atoms with Gasteiger partial charge in [-0.15, -0.1) is 0 Å². The van der Waals surface area contributed by atoms with E-state index in [2.05, 4.69) is 36.0 Å². The Morgan fingerprint density at radius 2 is 2.25 bits per heavy atom. The Hall–Kier alpha value is -1.31. The summed E-state index contributed by atoms with van der Waals surface area (Å²) in [6.45, 7) is 0.666. The van der Waals surface area contributed by atoms with Gasteiger partial charge in [0.05, 0.1) is 5.56 Å². The Balaban J connectivity index is 2.56. The van der Waals surface area contributed by atoms with E-state index in [0.717, 1.165) is 6.33 Å². The molecule has 1 aromatic rings. The molecule has 1 aliphatic rings. The first-order valence-corrected chi connectivity index (χ1v) is 5.04. The van der Waals surface area contributed by atoms with Gasteiger partial charge >= 0.3 is 6.09 Å². The third kappa shape index (κ3) is 1.84. The van der Waals surface area contributed by atoms with Crippen LogP contribution in [0.25, 0.3) is 0 Å². The van der Waals surface area contributed by atoms with E-state index in [9.17, 15) is 13.6 Å². The van der Waals surface area contributed by atoms with Gasteiger partial charge in [0.1, 0.15) is 16.7 Å². The molecule has 0 fully saturated rings. The molecule has 0 aliphatic carbocycles. The molecule has 86 valence electrons. The number of hydrogen-bond acceptors (Lipinski definition) is 4. The van der Waals surface area contributed by atoms with E-state index in [4.69, 9.17) is 0 Å². The van der Waals surface area contributed by atoms with Crippen molar-refractivity contribution in [2.45, 2.75) is 19.0 Å². The van der Waals surface area contributed by atoms with Gasteiger partial charge < -0.3 is 4.74 Å². The van der Waals surface area contributed by atoms with Crippen molar-refractivity contribution in [2.24, 2.45) is 0 Å². The molecule has 5 nitrogen and oxygen atoms in total. The molecular weight excluding hydrogens is 288 g/mol. The number of nitrogens with one attached hydrogen (secondary N) is 1. The molecule has 0 saturated carbocycles. The van der Waals surface area contributed by atoms with Gasteiger partial charge in [0.25, 0.3) is 5.92 Å². The minimum atomic E-state index is -3.21. The molecule has 0 spiro atoms. The van der Waals surface area contributed by atoms with Crippen LogP contribution in [0.5, 0.6) is 0 Å². The molecule has 1 aromatic heterocycles. The number of fused-ring (bicyclic) bond motifs is 1. The molecule has 0 bridgehead atoms. The zero-order valence-corrected chi connectivity index (χ0v) is 9.59. The summed E-state index contributed by atoms with van der Waals surface area (Å²) in [6.07, 6.45) is -1.49. The second kappa shape index (κ2) is 3.62. The SMILES string of the molecule is CC(F)(F)[C@@H]1OC(=O)Nc2ncnc(Br)c21. The lowest BCUT2D eigenvalue weighted by molar-refractivity contribution is -0.0991. The van der Waals surface area contributed by atoms with Crippen molar-refractivity contribution < 1.29 is 18.3 Å². The van der Waals surface area contributed by atoms with E-state index in [1.54, 1.807) is 0 Å². The first kappa shape index (κ1) is 11.2. The number of amides is 1. The number of aromatic nitrogens is 2. The zero-order chi connectivity index (χ0) is 11.9. The van der Waals surface area contributed by atoms with Crippen LogP contribution in [0.3, 0.4) is 0 Å². The van der Waals surface area contributed by atoms with Crippen LogP contribution in [-0.2, 0) is 4.74 Å². The van der Waals surface area contributed by atoms with Gasteiger partial charge in [0.2, 0.25) is 0 Å². The highest BCUT2D eigenvalue weighted by Crippen LogP contribution is 2.42. The Kier molecular flexibility index (Phi) is 2.53. The number of cyclic esters (lactones) is 1. The number of anilines is 1. The molecule has 2 heterocycles. The van der Waals surface area contributed by atoms with Gasteiger partial charge in [0, 0.05) is 6.92 Å². The Labute approximate surface area is 97.3 Å². The number of rotatable bonds is 1. The van der Waals surface area contributed by atoms with Crippen LogP contribution in [0, 0.1) is 0 Å². The van der Waals surface area contributed by atoms with E-state index < -0.39 is 18.1 Å². The molecule has 1 atom stereocenters. The third-order valence-corrected chi connectivity index (χ3v) is 2.64. The lowest BCUT2D eigenvalue weighted by Crippen LogP contribution is -2.35. The summed E-state index contributed by atoms with van der Waals surface area (Å²) in [7, 11) is 0. The summed E-state index contributed by atoms with van der Waals surface area (Å²) in [5, 5.41) is 2.23. The zero-order valence-electron chi connectivity index (χ0n) is 8.00. The van der Waals surface area contributed by atoms with Gasteiger partial charge in [-0.1, -0.05) is 0 Å². The van der Waals surface area contributed by atoms with E-state index in [0.29, 0.717) is 6.92 Å². The fraction of sp³-hybridized carbons (Fsp3) is 0.375. The maximum atomic E-state index is 13.3. The van der Waals surface area contributed by atoms with Crippen molar-refractivity contribution in [3.05, 3.63) is 16.5 Å². The van der Waals surface area contributed by atoms with Crippen molar-refractivity contribution in [1.29, 1.82) is 0 Å². The maximum Gasteiger partial charge on any atom is 0.413 e. The number of nitrogens with zero attached hydrogens (tertiary/aromatic N) is 2. The average molecular weight is 294 g/mol. The molecule has 16 heavy (non-hydrogen) atoms. The summed E-state index contributed by atoms with van der Waals surface area (Å²) < 4.78 is 31.2. The van der Waals surface area contributed by atoms with E-state index in [1.165, 1.54) is 0 Å². The van der Waals surface area contributed by atoms with Gasteiger partial charge in [-0.2, -0.15) is 0 Å². The number of carbonyl (C=O) groups is 1. The van der Waals surface area contributed by atoms with Gasteiger partial charge in [0.15, 0.2) is 6.10 Å². The van der Waals surface area contributed by atoms with Crippen molar-refractivity contribution in [1.82, 2.24) is 9.97 Å². The molecule has 1 amide bonds. The van der Waals surface area contributed by atoms with Crippen LogP contribution in [-0.4, -0.2) is 22.0 Å². The smallest absolute Gasteiger partial charge is 0.413 e. The summed E-state index contributed by atoms with van der Waals surface area (Å²) in [6, 6.07) is 0. The lowest BCUT2D eigenvalue weighted by Gasteiger charge is -2.29. The summed E-state index contributed by atoms with van der Waals surface area (Å²) in [5.74, 6) is -3.18. The molecule has 1 aliphatic heterocycles. The molecule has 0 unspecified atom stereocenters. The average Bonchev–Trinajstić information content (AvgIpc) is 2.15. The molecule has 0 aromatic carbocycles. The number of carbonyl (C=O) groups excluding carboxylic acids is 1. The highest BCUT2D eigenvalue weighted by atomic mass is 79.9. The van der Waals surface area contributed by atoms with Crippen LogP contribution in [0.2, 0.25) is 0 Å². The Morgan fingerprint density at radius 3 is 2.88 bits per heavy atom. The largest absolute Gasteiger partial charge is 0.434 e. The minimum Gasteiger partial charge on any atom is -0.434 e. The predicted molar refractivity (Wildman–Crippen MR) is 53.2 cm³/mol. The van der Waals surface area contributed by atoms with E-state index in [-0.39, 0.29) is 16.0 Å². The second-order valence-corrected chi connectivity index (χ2v) is 4.04. The standard InChI is InChI=1S/C8H6BrF2N3O2/c1-8(10,11)4-3-5(9)12-2-13-6(3)14-7(15)16-4/h2,4H,1H3,(H,12,13,14,15)/t4-/m1/s1. The molecule has 8 heteroatoms. The Morgan fingerprint density at radius 1 is 1.56 bits per heavy atom. The van der Waals surface area contributed by atoms with Gasteiger partial charge in [-0.05, 0) is 15.9 Å². The summed E-state index contributed by atoms with van der Waals surface area (Å²) >= 11 is 3.02. The molecule has 2 rings (SSSR count). The van der Waals surface area contributed by atoms with Crippen LogP contribution >= 0.6 is 15.9 Å². The molecule has 1 N–H and O–H groups in total. The van der Waals surface area contributed by atoms with Gasteiger partial charge in [-0.3, -0.25) is 5.32 Å². The van der Waals surface area contributed by atoms with Gasteiger partial charge in [-0.25, -0.2) is 23.5 Å². The third-order valence-electron chi connectivity index (χ3n) is 2.00. The molecule has 0 radical (unpaired) electrons. The van der Waals surface area contributed by atoms with Crippen molar-refractivity contribution in [3.63, 3.8) is 0 Å². The predicted octanol–water partition coefficient (Wildman–Crippen LogP) is 2.50.